The quantitative estimate of drug-likeness (QED) is 0.152. The van der Waals surface area contributed by atoms with Crippen molar-refractivity contribution in [3.8, 4) is 0 Å². The van der Waals surface area contributed by atoms with Gasteiger partial charge in [-0.2, -0.15) is 0 Å². The molecule has 0 spiro atoms. The van der Waals surface area contributed by atoms with Gasteiger partial charge in [-0.3, -0.25) is 19.2 Å². The van der Waals surface area contributed by atoms with Crippen LogP contribution in [0.4, 0.5) is 4.79 Å². The second kappa shape index (κ2) is 20.0. The molecule has 2 bridgehead atoms. The number of carbonyl (C=O) groups excluding carboxylic acids is 6. The van der Waals surface area contributed by atoms with E-state index >= 15 is 0 Å². The lowest BCUT2D eigenvalue weighted by molar-refractivity contribution is -0.144. The van der Waals surface area contributed by atoms with Crippen molar-refractivity contribution in [2.24, 2.45) is 17.6 Å². The molecule has 2 rings (SSSR count). The van der Waals surface area contributed by atoms with Crippen LogP contribution >= 0.6 is 11.8 Å². The van der Waals surface area contributed by atoms with Crippen molar-refractivity contribution in [3.05, 3.63) is 57.4 Å². The average Bonchev–Trinajstić information content (AvgIpc) is 3.07. The molecule has 0 unspecified atom stereocenters. The summed E-state index contributed by atoms with van der Waals surface area (Å²) >= 11 is 0.770. The van der Waals surface area contributed by atoms with E-state index < -0.39 is 71.8 Å². The Balaban J connectivity index is 2.75. The number of esters is 1. The average molecular weight is 736 g/mol. The van der Waals surface area contributed by atoms with Gasteiger partial charge < -0.3 is 45.2 Å². The second-order valence-corrected chi connectivity index (χ2v) is 13.3. The third-order valence-electron chi connectivity index (χ3n) is 8.32. The predicted molar refractivity (Wildman–Crippen MR) is 188 cm³/mol. The molecule has 0 aromatic carbocycles. The number of aliphatic hydroxyl groups is 1. The molecule has 1 aliphatic heterocycles. The predicted octanol–water partition coefficient (Wildman–Crippen LogP) is 2.15. The molecule has 282 valence electrons. The van der Waals surface area contributed by atoms with E-state index in [1.54, 1.807) is 19.9 Å². The van der Waals surface area contributed by atoms with E-state index in [1.807, 2.05) is 6.92 Å². The maximum Gasteiger partial charge on any atom is 0.405 e. The number of nitrogens with one attached hydrogen (secondary N) is 2. The Hall–Kier alpha value is -4.25. The Morgan fingerprint density at radius 2 is 1.75 bits per heavy atom. The number of ether oxygens (including phenoxy) is 5. The van der Waals surface area contributed by atoms with Crippen LogP contribution in [-0.4, -0.2) is 105 Å². The van der Waals surface area contributed by atoms with E-state index in [0.717, 1.165) is 18.9 Å². The van der Waals surface area contributed by atoms with Gasteiger partial charge in [-0.25, -0.2) is 9.59 Å². The van der Waals surface area contributed by atoms with Crippen molar-refractivity contribution >= 4 is 47.2 Å². The lowest BCUT2D eigenvalue weighted by atomic mass is 9.85. The van der Waals surface area contributed by atoms with E-state index in [4.69, 9.17) is 29.4 Å². The highest BCUT2D eigenvalue weighted by atomic mass is 32.2. The molecule has 7 atom stereocenters. The lowest BCUT2D eigenvalue weighted by Crippen LogP contribution is -2.42. The van der Waals surface area contributed by atoms with Crippen molar-refractivity contribution in [2.75, 3.05) is 34.2 Å². The highest BCUT2D eigenvalue weighted by molar-refractivity contribution is 8.04. The third-order valence-corrected chi connectivity index (χ3v) is 9.50. The molecule has 0 aromatic rings. The number of methoxy groups -OCH3 is 4. The molecule has 15 nitrogen and oxygen atoms in total. The first-order chi connectivity index (χ1) is 24.0. The Morgan fingerprint density at radius 1 is 1.08 bits per heavy atom. The highest BCUT2D eigenvalue weighted by Gasteiger charge is 2.39. The zero-order chi connectivity index (χ0) is 38.6. The van der Waals surface area contributed by atoms with Crippen molar-refractivity contribution in [3.63, 3.8) is 0 Å². The van der Waals surface area contributed by atoms with Gasteiger partial charge in [-0.1, -0.05) is 38.2 Å². The first-order valence-electron chi connectivity index (χ1n) is 16.1. The van der Waals surface area contributed by atoms with Crippen LogP contribution < -0.4 is 16.4 Å². The van der Waals surface area contributed by atoms with Gasteiger partial charge in [-0.05, 0) is 38.2 Å². The Bertz CT molecular complexity index is 1510. The van der Waals surface area contributed by atoms with Gasteiger partial charge in [0.25, 0.3) is 5.91 Å². The van der Waals surface area contributed by atoms with Crippen molar-refractivity contribution < 1.29 is 57.6 Å². The maximum absolute atomic E-state index is 14.2. The van der Waals surface area contributed by atoms with E-state index in [0.29, 0.717) is 5.57 Å². The molecule has 51 heavy (non-hydrogen) atoms. The van der Waals surface area contributed by atoms with E-state index in [2.05, 4.69) is 10.6 Å². The Labute approximate surface area is 302 Å². The number of fused-ring (bicyclic) bond motifs is 2. The van der Waals surface area contributed by atoms with Crippen LogP contribution in [0, 0.1) is 11.8 Å². The van der Waals surface area contributed by atoms with E-state index in [1.165, 1.54) is 53.4 Å². The van der Waals surface area contributed by atoms with Crippen LogP contribution in [0.5, 0.6) is 0 Å². The molecular formula is C35H49N3O12S. The summed E-state index contributed by atoms with van der Waals surface area (Å²) in [6.07, 6.45) is 1.76. The summed E-state index contributed by atoms with van der Waals surface area (Å²) in [6, 6.07) is -1.18. The van der Waals surface area contributed by atoms with Gasteiger partial charge >= 0.3 is 12.1 Å². The fourth-order valence-electron chi connectivity index (χ4n) is 5.68. The molecule has 2 aliphatic rings. The summed E-state index contributed by atoms with van der Waals surface area (Å²) in [4.78, 5) is 77.4. The zero-order valence-corrected chi connectivity index (χ0v) is 31.2. The van der Waals surface area contributed by atoms with E-state index in [-0.39, 0.29) is 52.0 Å². The summed E-state index contributed by atoms with van der Waals surface area (Å²) in [6.45, 7) is 7.96. The molecule has 0 fully saturated rings. The molecule has 1 aliphatic carbocycles. The summed E-state index contributed by atoms with van der Waals surface area (Å²) in [5.41, 5.74) is 5.70. The fraction of sp³-hybridized carbons (Fsp3) is 0.543. The summed E-state index contributed by atoms with van der Waals surface area (Å²) in [5, 5.41) is 16.4. The van der Waals surface area contributed by atoms with Crippen molar-refractivity contribution in [2.45, 2.75) is 77.9 Å². The van der Waals surface area contributed by atoms with Crippen LogP contribution in [0.2, 0.25) is 0 Å². The normalized spacial score (nSPS) is 28.8. The third kappa shape index (κ3) is 11.6. The van der Waals surface area contributed by atoms with Crippen molar-refractivity contribution in [1.29, 1.82) is 0 Å². The summed E-state index contributed by atoms with van der Waals surface area (Å²) in [5.74, 6) is -4.75. The molecule has 0 saturated heterocycles. The second-order valence-electron chi connectivity index (χ2n) is 12.3. The molecule has 0 aromatic heterocycles. The molecule has 16 heteroatoms. The van der Waals surface area contributed by atoms with Gasteiger partial charge in [0.2, 0.25) is 17.5 Å². The number of Topliss-reactive ketones (excluding diaryl/α,β-unsaturated/α-hetero) is 2. The number of hydrogen-bond acceptors (Lipinski definition) is 13. The fourth-order valence-corrected chi connectivity index (χ4v) is 6.75. The van der Waals surface area contributed by atoms with Gasteiger partial charge in [-0.15, -0.1) is 11.8 Å². The van der Waals surface area contributed by atoms with Crippen LogP contribution in [0.25, 0.3) is 0 Å². The minimum Gasteiger partial charge on any atom is -0.492 e. The number of thioether (sulfide) groups is 1. The molecule has 0 radical (unpaired) electrons. The highest BCUT2D eigenvalue weighted by Crippen LogP contribution is 2.36. The number of allylic oxidation sites excluding steroid dienone is 4. The molecular weight excluding hydrogens is 686 g/mol. The maximum atomic E-state index is 14.2. The number of carbonyl (C=O) groups is 6. The molecule has 0 saturated carbocycles. The van der Waals surface area contributed by atoms with E-state index in [9.17, 15) is 33.9 Å². The summed E-state index contributed by atoms with van der Waals surface area (Å²) < 4.78 is 26.9. The molecule has 3 amide bonds. The number of hydrogen-bond donors (Lipinski definition) is 4. The van der Waals surface area contributed by atoms with Gasteiger partial charge in [0, 0.05) is 44.0 Å². The molecule has 5 N–H and O–H groups in total. The number of primary amides is 1. The van der Waals surface area contributed by atoms with Gasteiger partial charge in [0.1, 0.15) is 17.8 Å². The Morgan fingerprint density at radius 3 is 2.29 bits per heavy atom. The minimum absolute atomic E-state index is 0.00276. The van der Waals surface area contributed by atoms with Crippen LogP contribution in [-0.2, 0) is 47.7 Å². The molecule has 1 heterocycles. The first kappa shape index (κ1) is 42.9. The van der Waals surface area contributed by atoms with Crippen molar-refractivity contribution in [1.82, 2.24) is 10.6 Å². The number of ketones is 2. The SMILES string of the molecule is COC(=O)[C@H](CSC1=C2NC(=O)/C(C)=C\C=C/[C@H](OC)[C@@H](OC(N)=O)/C(C)=C\[C@H](C)[C@@H](O)[C@@H](OC)C[C@H](C)CC(=C(OC)C1=O)C2=O)NC(C)=O. The smallest absolute Gasteiger partial charge is 0.405 e. The first-order valence-corrected chi connectivity index (χ1v) is 17.1. The number of nitrogens with two attached hydrogens (primary N) is 1. The largest absolute Gasteiger partial charge is 0.492 e. The van der Waals surface area contributed by atoms with Crippen LogP contribution in [0.1, 0.15) is 47.5 Å². The summed E-state index contributed by atoms with van der Waals surface area (Å²) in [7, 11) is 5.22. The number of aliphatic hydroxyl groups excluding tert-OH is 1. The van der Waals surface area contributed by atoms with Crippen LogP contribution in [0.3, 0.4) is 0 Å². The number of amides is 3. The van der Waals surface area contributed by atoms with Crippen LogP contribution in [0.15, 0.2) is 57.4 Å². The van der Waals surface area contributed by atoms with Gasteiger partial charge in [0.15, 0.2) is 11.9 Å². The standard InChI is InChI=1S/C35H49N3O12S/c1-17-13-22-28(41)26(32(29(42)31(22)48-8)51-16-23(34(44)49-9)37-21(5)39)38-33(43)18(2)11-10-12-24(46-6)30(50-35(36)45)20(4)15-19(3)27(40)25(14-17)47-7/h10-12,15,17,19,23-25,27,30,40H,13-14,16H2,1-9H3,(H2,36,45)(H,37,39)(H,38,43)/b12-10-,18-11-,20-15-/t17-,19+,23+,24+,25+,27-,30+/m1/s1. The monoisotopic (exact) mass is 735 g/mol. The Kier molecular flexibility index (Phi) is 16.8. The zero-order valence-electron chi connectivity index (χ0n) is 30.4. The lowest BCUT2D eigenvalue weighted by Gasteiger charge is -2.30. The minimum atomic E-state index is -1.18. The number of rotatable bonds is 9. The van der Waals surface area contributed by atoms with Gasteiger partial charge in [0.05, 0.1) is 31.3 Å². The topological polar surface area (TPSA) is 219 Å².